The standard InChI is InChI=1S/C12H20N2O3S/c1-9(2)7-16-5-6-17-8-10-3-4-11(18-10)12(15)14-13/h3-4,9H,5-8,13H2,1-2H3,(H,14,15). The van der Waals surface area contributed by atoms with Gasteiger partial charge >= 0.3 is 0 Å². The van der Waals surface area contributed by atoms with Crippen molar-refractivity contribution >= 4 is 17.2 Å². The second-order valence-corrected chi connectivity index (χ2v) is 5.43. The molecule has 0 spiro atoms. The number of ether oxygens (including phenoxy) is 2. The highest BCUT2D eigenvalue weighted by molar-refractivity contribution is 7.14. The van der Waals surface area contributed by atoms with Gasteiger partial charge in [0.15, 0.2) is 0 Å². The van der Waals surface area contributed by atoms with Crippen molar-refractivity contribution in [3.8, 4) is 0 Å². The quantitative estimate of drug-likeness (QED) is 0.326. The second kappa shape index (κ2) is 8.20. The topological polar surface area (TPSA) is 73.6 Å². The Hall–Kier alpha value is -0.950. The summed E-state index contributed by atoms with van der Waals surface area (Å²) in [6.07, 6.45) is 0. The van der Waals surface area contributed by atoms with Crippen molar-refractivity contribution in [1.82, 2.24) is 5.43 Å². The normalized spacial score (nSPS) is 10.9. The van der Waals surface area contributed by atoms with Gasteiger partial charge in [-0.25, -0.2) is 5.84 Å². The highest BCUT2D eigenvalue weighted by atomic mass is 32.1. The smallest absolute Gasteiger partial charge is 0.275 e. The van der Waals surface area contributed by atoms with Gasteiger partial charge in [0.1, 0.15) is 0 Å². The predicted molar refractivity (Wildman–Crippen MR) is 71.3 cm³/mol. The summed E-state index contributed by atoms with van der Waals surface area (Å²) in [5.41, 5.74) is 2.10. The van der Waals surface area contributed by atoms with Crippen molar-refractivity contribution in [2.45, 2.75) is 20.5 Å². The van der Waals surface area contributed by atoms with Crippen molar-refractivity contribution in [3.63, 3.8) is 0 Å². The molecule has 0 atom stereocenters. The summed E-state index contributed by atoms with van der Waals surface area (Å²) in [5, 5.41) is 0. The van der Waals surface area contributed by atoms with Gasteiger partial charge in [0, 0.05) is 11.5 Å². The van der Waals surface area contributed by atoms with Crippen LogP contribution in [0.4, 0.5) is 0 Å². The molecule has 0 fully saturated rings. The summed E-state index contributed by atoms with van der Waals surface area (Å²) in [7, 11) is 0. The van der Waals surface area contributed by atoms with Crippen LogP contribution in [0.3, 0.4) is 0 Å². The first-order valence-corrected chi connectivity index (χ1v) is 6.70. The van der Waals surface area contributed by atoms with Crippen LogP contribution in [-0.2, 0) is 16.1 Å². The maximum absolute atomic E-state index is 11.2. The maximum Gasteiger partial charge on any atom is 0.275 e. The van der Waals surface area contributed by atoms with Crippen molar-refractivity contribution < 1.29 is 14.3 Å². The molecule has 1 amide bonds. The van der Waals surface area contributed by atoms with Crippen molar-refractivity contribution in [3.05, 3.63) is 21.9 Å². The average Bonchev–Trinajstić information content (AvgIpc) is 2.81. The minimum atomic E-state index is -0.272. The summed E-state index contributed by atoms with van der Waals surface area (Å²) in [6, 6.07) is 3.60. The predicted octanol–water partition coefficient (Wildman–Crippen LogP) is 1.54. The largest absolute Gasteiger partial charge is 0.379 e. The van der Waals surface area contributed by atoms with Crippen LogP contribution in [0.2, 0.25) is 0 Å². The van der Waals surface area contributed by atoms with Gasteiger partial charge in [0.25, 0.3) is 5.91 Å². The molecule has 5 nitrogen and oxygen atoms in total. The third-order valence-corrected chi connectivity index (χ3v) is 3.14. The van der Waals surface area contributed by atoms with E-state index < -0.39 is 0 Å². The van der Waals surface area contributed by atoms with Crippen molar-refractivity contribution in [2.24, 2.45) is 11.8 Å². The molecule has 1 aromatic rings. The molecule has 0 saturated heterocycles. The first kappa shape index (κ1) is 15.1. The fourth-order valence-corrected chi connectivity index (χ4v) is 2.11. The molecule has 0 aliphatic rings. The first-order chi connectivity index (χ1) is 8.63. The van der Waals surface area contributed by atoms with E-state index in [4.69, 9.17) is 15.3 Å². The molecule has 18 heavy (non-hydrogen) atoms. The lowest BCUT2D eigenvalue weighted by atomic mass is 10.2. The highest BCUT2D eigenvalue weighted by Crippen LogP contribution is 2.16. The molecule has 1 rings (SSSR count). The molecule has 0 saturated carbocycles. The fraction of sp³-hybridized carbons (Fsp3) is 0.583. The number of hydrogen-bond donors (Lipinski definition) is 2. The average molecular weight is 272 g/mol. The van der Waals surface area contributed by atoms with E-state index in [2.05, 4.69) is 19.3 Å². The Balaban J connectivity index is 2.16. The second-order valence-electron chi connectivity index (χ2n) is 4.26. The molecule has 1 heterocycles. The van der Waals surface area contributed by atoms with Crippen LogP contribution in [0.5, 0.6) is 0 Å². The van der Waals surface area contributed by atoms with Crippen LogP contribution >= 0.6 is 11.3 Å². The van der Waals surface area contributed by atoms with Crippen LogP contribution in [0, 0.1) is 5.92 Å². The van der Waals surface area contributed by atoms with E-state index in [0.717, 1.165) is 11.5 Å². The molecule has 3 N–H and O–H groups in total. The summed E-state index contributed by atoms with van der Waals surface area (Å²) in [6.45, 7) is 6.62. The lowest BCUT2D eigenvalue weighted by Gasteiger charge is -2.06. The molecule has 0 radical (unpaired) electrons. The van der Waals surface area contributed by atoms with Gasteiger partial charge in [-0.1, -0.05) is 13.8 Å². The fourth-order valence-electron chi connectivity index (χ4n) is 1.26. The minimum Gasteiger partial charge on any atom is -0.379 e. The Morgan fingerprint density at radius 3 is 2.78 bits per heavy atom. The SMILES string of the molecule is CC(C)COCCOCc1ccc(C(=O)NN)s1. The van der Waals surface area contributed by atoms with Crippen LogP contribution in [0.1, 0.15) is 28.4 Å². The molecule has 1 aromatic heterocycles. The van der Waals surface area contributed by atoms with Gasteiger partial charge in [0.2, 0.25) is 0 Å². The highest BCUT2D eigenvalue weighted by Gasteiger charge is 2.07. The van der Waals surface area contributed by atoms with Crippen LogP contribution in [0.15, 0.2) is 12.1 Å². The lowest BCUT2D eigenvalue weighted by Crippen LogP contribution is -2.29. The minimum absolute atomic E-state index is 0.272. The number of nitrogens with one attached hydrogen (secondary N) is 1. The molecule has 0 bridgehead atoms. The van der Waals surface area contributed by atoms with Crippen molar-refractivity contribution in [2.75, 3.05) is 19.8 Å². The Morgan fingerprint density at radius 2 is 2.11 bits per heavy atom. The zero-order chi connectivity index (χ0) is 13.4. The Kier molecular flexibility index (Phi) is 6.89. The number of carbonyl (C=O) groups is 1. The van der Waals surface area contributed by atoms with E-state index in [9.17, 15) is 4.79 Å². The van der Waals surface area contributed by atoms with Crippen molar-refractivity contribution in [1.29, 1.82) is 0 Å². The Morgan fingerprint density at radius 1 is 1.39 bits per heavy atom. The molecule has 0 unspecified atom stereocenters. The molecule has 0 aromatic carbocycles. The molecular weight excluding hydrogens is 252 g/mol. The Labute approximate surface area is 111 Å². The number of amides is 1. The van der Waals surface area contributed by atoms with Gasteiger partial charge in [-0.15, -0.1) is 11.3 Å². The van der Waals surface area contributed by atoms with Gasteiger partial charge in [-0.05, 0) is 18.1 Å². The number of hydrazine groups is 1. The third-order valence-electron chi connectivity index (χ3n) is 2.08. The zero-order valence-corrected chi connectivity index (χ0v) is 11.6. The molecule has 0 aliphatic carbocycles. The van der Waals surface area contributed by atoms with E-state index in [1.807, 2.05) is 6.07 Å². The number of carbonyl (C=O) groups excluding carboxylic acids is 1. The number of rotatable bonds is 8. The number of hydrogen-bond acceptors (Lipinski definition) is 5. The number of nitrogens with two attached hydrogens (primary N) is 1. The summed E-state index contributed by atoms with van der Waals surface area (Å²) in [4.78, 5) is 12.8. The van der Waals surface area contributed by atoms with Gasteiger partial charge in [-0.3, -0.25) is 10.2 Å². The van der Waals surface area contributed by atoms with E-state index in [1.54, 1.807) is 6.07 Å². The van der Waals surface area contributed by atoms with Crippen LogP contribution in [0.25, 0.3) is 0 Å². The lowest BCUT2D eigenvalue weighted by molar-refractivity contribution is 0.0322. The maximum atomic E-state index is 11.2. The molecular formula is C12H20N2O3S. The Bertz CT molecular complexity index is 366. The van der Waals surface area contributed by atoms with E-state index in [1.165, 1.54) is 11.3 Å². The zero-order valence-electron chi connectivity index (χ0n) is 10.8. The van der Waals surface area contributed by atoms with E-state index in [-0.39, 0.29) is 5.91 Å². The molecule has 0 aliphatic heterocycles. The van der Waals surface area contributed by atoms with E-state index in [0.29, 0.717) is 30.6 Å². The van der Waals surface area contributed by atoms with Crippen LogP contribution < -0.4 is 11.3 Å². The van der Waals surface area contributed by atoms with Gasteiger partial charge < -0.3 is 9.47 Å². The first-order valence-electron chi connectivity index (χ1n) is 5.88. The third kappa shape index (κ3) is 5.59. The molecule has 102 valence electrons. The van der Waals surface area contributed by atoms with Gasteiger partial charge in [0.05, 0.1) is 24.7 Å². The van der Waals surface area contributed by atoms with E-state index >= 15 is 0 Å². The summed E-state index contributed by atoms with van der Waals surface area (Å²) >= 11 is 1.38. The van der Waals surface area contributed by atoms with Crippen LogP contribution in [-0.4, -0.2) is 25.7 Å². The number of thiophene rings is 1. The number of nitrogen functional groups attached to an aromatic ring is 1. The summed E-state index contributed by atoms with van der Waals surface area (Å²) < 4.78 is 10.8. The monoisotopic (exact) mass is 272 g/mol. The van der Waals surface area contributed by atoms with Gasteiger partial charge in [-0.2, -0.15) is 0 Å². The summed E-state index contributed by atoms with van der Waals surface area (Å²) in [5.74, 6) is 5.32. The molecule has 6 heteroatoms.